The van der Waals surface area contributed by atoms with Gasteiger partial charge in [-0.15, -0.1) is 0 Å². The zero-order valence-corrected chi connectivity index (χ0v) is 11.5. The lowest BCUT2D eigenvalue weighted by Crippen LogP contribution is -2.46. The standard InChI is InChI=1S/C12H20N4OS/c1-2-16-6-4-3-5-9(16)7-14-11(17)10-8-15-12(13)18-10/h8-9H,2-7H2,1H3,(H2,13,15)(H,14,17)/t9-/m1/s1. The van der Waals surface area contributed by atoms with Gasteiger partial charge in [0.15, 0.2) is 5.13 Å². The van der Waals surface area contributed by atoms with E-state index in [1.807, 2.05) is 0 Å². The Morgan fingerprint density at radius 1 is 1.67 bits per heavy atom. The van der Waals surface area contributed by atoms with E-state index in [0.29, 0.717) is 22.6 Å². The number of rotatable bonds is 4. The molecule has 1 saturated heterocycles. The molecule has 2 heterocycles. The number of amides is 1. The summed E-state index contributed by atoms with van der Waals surface area (Å²) in [5, 5.41) is 3.42. The fraction of sp³-hybridized carbons (Fsp3) is 0.667. The first-order valence-corrected chi connectivity index (χ1v) is 7.26. The van der Waals surface area contributed by atoms with Crippen molar-refractivity contribution in [2.45, 2.75) is 32.2 Å². The van der Waals surface area contributed by atoms with Gasteiger partial charge in [-0.1, -0.05) is 24.7 Å². The molecule has 0 radical (unpaired) electrons. The Labute approximate surface area is 111 Å². The summed E-state index contributed by atoms with van der Waals surface area (Å²) in [7, 11) is 0. The van der Waals surface area contributed by atoms with Crippen LogP contribution in [-0.4, -0.2) is 41.5 Å². The van der Waals surface area contributed by atoms with Gasteiger partial charge in [0.05, 0.1) is 6.20 Å². The summed E-state index contributed by atoms with van der Waals surface area (Å²) in [6.07, 6.45) is 5.22. The third-order valence-corrected chi connectivity index (χ3v) is 4.23. The molecule has 0 unspecified atom stereocenters. The van der Waals surface area contributed by atoms with E-state index in [0.717, 1.165) is 13.1 Å². The number of nitrogens with zero attached hydrogens (tertiary/aromatic N) is 2. The average Bonchev–Trinajstić information content (AvgIpc) is 2.83. The van der Waals surface area contributed by atoms with Crippen LogP contribution >= 0.6 is 11.3 Å². The summed E-state index contributed by atoms with van der Waals surface area (Å²) in [4.78, 5) is 18.8. The minimum absolute atomic E-state index is 0.0640. The summed E-state index contributed by atoms with van der Waals surface area (Å²) in [5.41, 5.74) is 5.52. The first kappa shape index (κ1) is 13.3. The van der Waals surface area contributed by atoms with Crippen molar-refractivity contribution in [2.75, 3.05) is 25.4 Å². The number of hydrogen-bond acceptors (Lipinski definition) is 5. The number of anilines is 1. The van der Waals surface area contributed by atoms with E-state index in [1.54, 1.807) is 0 Å². The quantitative estimate of drug-likeness (QED) is 0.864. The van der Waals surface area contributed by atoms with Crippen LogP contribution in [-0.2, 0) is 0 Å². The number of carbonyl (C=O) groups is 1. The number of likely N-dealkylation sites (N-methyl/N-ethyl adjacent to an activating group) is 1. The number of carbonyl (C=O) groups excluding carboxylic acids is 1. The van der Waals surface area contributed by atoms with Crippen LogP contribution in [0.4, 0.5) is 5.13 Å². The smallest absolute Gasteiger partial charge is 0.263 e. The highest BCUT2D eigenvalue weighted by Crippen LogP contribution is 2.17. The third kappa shape index (κ3) is 3.20. The van der Waals surface area contributed by atoms with Crippen LogP contribution in [0.15, 0.2) is 6.20 Å². The summed E-state index contributed by atoms with van der Waals surface area (Å²) in [6, 6.07) is 0.470. The molecule has 6 heteroatoms. The zero-order chi connectivity index (χ0) is 13.0. The molecular formula is C12H20N4OS. The van der Waals surface area contributed by atoms with E-state index in [4.69, 9.17) is 5.73 Å². The van der Waals surface area contributed by atoms with Gasteiger partial charge in [0.2, 0.25) is 0 Å². The average molecular weight is 268 g/mol. The van der Waals surface area contributed by atoms with E-state index in [9.17, 15) is 4.79 Å². The Kier molecular flexibility index (Phi) is 4.54. The summed E-state index contributed by atoms with van der Waals surface area (Å²) < 4.78 is 0. The van der Waals surface area contributed by atoms with E-state index in [2.05, 4.69) is 22.1 Å². The molecule has 3 N–H and O–H groups in total. The summed E-state index contributed by atoms with van der Waals surface area (Å²) >= 11 is 1.23. The van der Waals surface area contributed by atoms with E-state index in [-0.39, 0.29) is 5.91 Å². The van der Waals surface area contributed by atoms with Gasteiger partial charge in [-0.3, -0.25) is 9.69 Å². The topological polar surface area (TPSA) is 71.2 Å². The van der Waals surface area contributed by atoms with Gasteiger partial charge in [-0.25, -0.2) is 4.98 Å². The van der Waals surface area contributed by atoms with Crippen LogP contribution in [0, 0.1) is 0 Å². The molecule has 2 rings (SSSR count). The second-order valence-corrected chi connectivity index (χ2v) is 5.61. The van der Waals surface area contributed by atoms with Crippen LogP contribution in [0.25, 0.3) is 0 Å². The second kappa shape index (κ2) is 6.15. The predicted octanol–water partition coefficient (Wildman–Crippen LogP) is 1.33. The van der Waals surface area contributed by atoms with Crippen LogP contribution in [0.3, 0.4) is 0 Å². The number of nitrogens with two attached hydrogens (primary N) is 1. The molecule has 1 aliphatic rings. The van der Waals surface area contributed by atoms with Crippen molar-refractivity contribution >= 4 is 22.4 Å². The Balaban J connectivity index is 1.85. The molecule has 0 aromatic carbocycles. The summed E-state index contributed by atoms with van der Waals surface area (Å²) in [6.45, 7) is 5.08. The van der Waals surface area contributed by atoms with E-state index in [1.165, 1.54) is 36.8 Å². The number of hydrogen-bond donors (Lipinski definition) is 2. The first-order valence-electron chi connectivity index (χ1n) is 6.44. The van der Waals surface area contributed by atoms with Gasteiger partial charge in [0, 0.05) is 12.6 Å². The van der Waals surface area contributed by atoms with Gasteiger partial charge >= 0.3 is 0 Å². The highest BCUT2D eigenvalue weighted by atomic mass is 32.1. The molecule has 0 spiro atoms. The van der Waals surface area contributed by atoms with E-state index >= 15 is 0 Å². The maximum absolute atomic E-state index is 11.9. The van der Waals surface area contributed by atoms with Crippen LogP contribution in [0.2, 0.25) is 0 Å². The lowest BCUT2D eigenvalue weighted by Gasteiger charge is -2.34. The number of thiazole rings is 1. The second-order valence-electron chi connectivity index (χ2n) is 4.55. The van der Waals surface area contributed by atoms with Crippen molar-refractivity contribution < 1.29 is 4.79 Å². The molecule has 1 aromatic heterocycles. The molecule has 5 nitrogen and oxygen atoms in total. The Hall–Kier alpha value is -1.14. The minimum Gasteiger partial charge on any atom is -0.375 e. The number of nitrogens with one attached hydrogen (secondary N) is 1. The van der Waals surface area contributed by atoms with Gasteiger partial charge in [0.1, 0.15) is 4.88 Å². The van der Waals surface area contributed by atoms with Crippen molar-refractivity contribution in [2.24, 2.45) is 0 Å². The molecule has 1 aliphatic heterocycles. The summed E-state index contributed by atoms with van der Waals surface area (Å²) in [5.74, 6) is -0.0640. The van der Waals surface area contributed by atoms with Crippen LogP contribution < -0.4 is 11.1 Å². The lowest BCUT2D eigenvalue weighted by atomic mass is 10.0. The largest absolute Gasteiger partial charge is 0.375 e. The molecule has 1 atom stereocenters. The Bertz CT molecular complexity index is 407. The Morgan fingerprint density at radius 2 is 2.50 bits per heavy atom. The fourth-order valence-corrected chi connectivity index (χ4v) is 3.00. The first-order chi connectivity index (χ1) is 8.70. The molecule has 1 fully saturated rings. The molecule has 1 aromatic rings. The van der Waals surface area contributed by atoms with Crippen molar-refractivity contribution in [3.8, 4) is 0 Å². The van der Waals surface area contributed by atoms with Crippen molar-refractivity contribution in [1.82, 2.24) is 15.2 Å². The maximum Gasteiger partial charge on any atom is 0.263 e. The lowest BCUT2D eigenvalue weighted by molar-refractivity contribution is 0.0921. The van der Waals surface area contributed by atoms with Gasteiger partial charge in [0.25, 0.3) is 5.91 Å². The minimum atomic E-state index is -0.0640. The molecule has 0 saturated carbocycles. The van der Waals surface area contributed by atoms with Gasteiger partial charge in [-0.2, -0.15) is 0 Å². The molecule has 100 valence electrons. The molecule has 18 heavy (non-hydrogen) atoms. The predicted molar refractivity (Wildman–Crippen MR) is 73.7 cm³/mol. The van der Waals surface area contributed by atoms with Crippen molar-refractivity contribution in [3.63, 3.8) is 0 Å². The normalized spacial score (nSPS) is 20.8. The highest BCUT2D eigenvalue weighted by Gasteiger charge is 2.21. The monoisotopic (exact) mass is 268 g/mol. The molecule has 0 aliphatic carbocycles. The van der Waals surface area contributed by atoms with Crippen LogP contribution in [0.1, 0.15) is 35.9 Å². The number of nitrogen functional groups attached to an aromatic ring is 1. The third-order valence-electron chi connectivity index (χ3n) is 3.40. The zero-order valence-electron chi connectivity index (χ0n) is 10.7. The SMILES string of the molecule is CCN1CCCC[C@@H]1CNC(=O)c1cnc(N)s1. The van der Waals surface area contributed by atoms with E-state index < -0.39 is 0 Å². The number of aromatic nitrogens is 1. The molecule has 1 amide bonds. The van der Waals surface area contributed by atoms with Gasteiger partial charge in [-0.05, 0) is 25.9 Å². The molecular weight excluding hydrogens is 248 g/mol. The van der Waals surface area contributed by atoms with Crippen LogP contribution in [0.5, 0.6) is 0 Å². The number of likely N-dealkylation sites (tertiary alicyclic amines) is 1. The fourth-order valence-electron chi connectivity index (χ4n) is 2.40. The highest BCUT2D eigenvalue weighted by molar-refractivity contribution is 7.17. The maximum atomic E-state index is 11.9. The number of piperidine rings is 1. The molecule has 0 bridgehead atoms. The van der Waals surface area contributed by atoms with Crippen molar-refractivity contribution in [1.29, 1.82) is 0 Å². The van der Waals surface area contributed by atoms with Gasteiger partial charge < -0.3 is 11.1 Å². The van der Waals surface area contributed by atoms with Crippen molar-refractivity contribution in [3.05, 3.63) is 11.1 Å². The Morgan fingerprint density at radius 3 is 3.17 bits per heavy atom.